The number of hydrogen-bond acceptors (Lipinski definition) is 2. The quantitative estimate of drug-likeness (QED) is 0.0745. The molecule has 7 rings (SSSR count). The Morgan fingerprint density at radius 1 is 0.431 bits per heavy atom. The Morgan fingerprint density at radius 2 is 0.655 bits per heavy atom. The molecule has 310 valence electrons. The van der Waals surface area contributed by atoms with Gasteiger partial charge in [-0.05, 0) is 44.6 Å². The predicted molar refractivity (Wildman–Crippen MR) is 247 cm³/mol. The first kappa shape index (κ1) is 62.8. The number of nitroso groups, excluding NO2 is 2. The number of rotatable bonds is 5. The molecule has 0 saturated carbocycles. The summed E-state index contributed by atoms with van der Waals surface area (Å²) < 4.78 is 0. The number of alkyl halides is 4. The summed E-state index contributed by atoms with van der Waals surface area (Å²) >= 11 is 19.1. The molecule has 0 bridgehead atoms. The van der Waals surface area contributed by atoms with Crippen LogP contribution in [0.3, 0.4) is 0 Å². The third-order valence-corrected chi connectivity index (χ3v) is 10.3. The molecule has 7 aromatic rings. The second-order valence-corrected chi connectivity index (χ2v) is 15.8. The minimum atomic E-state index is -0.483. The fourth-order valence-electron chi connectivity index (χ4n) is 4.32. The van der Waals surface area contributed by atoms with E-state index in [9.17, 15) is 0 Å². The van der Waals surface area contributed by atoms with Crippen LogP contribution in [0.2, 0.25) is 0 Å². The SMILES string of the molecule is Cc1ccc(P(c2ccc(C)cc2)c2ccc(C)cc2)cc1.ClCCl.ClCCl.[Au+].[N]=O.[N]=O.[W].[W].c1cc[cH-]c1.c1cc[cH-]c1.c1ccc([P-]c2ccccc2)cc1. The number of benzene rings is 5. The van der Waals surface area contributed by atoms with Crippen molar-refractivity contribution in [1.82, 2.24) is 11.2 Å². The summed E-state index contributed by atoms with van der Waals surface area (Å²) in [4.78, 5) is 14.5. The molecule has 13 heteroatoms. The van der Waals surface area contributed by atoms with E-state index in [2.05, 4.69) is 142 Å². The van der Waals surface area contributed by atoms with E-state index in [0.29, 0.717) is 0 Å². The maximum Gasteiger partial charge on any atom is 1.00 e. The summed E-state index contributed by atoms with van der Waals surface area (Å²) in [5, 5.41) is 7.30. The molecule has 7 aromatic carbocycles. The van der Waals surface area contributed by atoms with E-state index >= 15 is 0 Å². The van der Waals surface area contributed by atoms with Crippen LogP contribution in [0.1, 0.15) is 16.7 Å². The third-order valence-electron chi connectivity index (χ3n) is 6.76. The summed E-state index contributed by atoms with van der Waals surface area (Å²) in [5.74, 6) is 0. The zero-order valence-electron chi connectivity index (χ0n) is 32.1. The summed E-state index contributed by atoms with van der Waals surface area (Å²) in [5.41, 5.74) is 15.4. The van der Waals surface area contributed by atoms with Crippen molar-refractivity contribution in [3.8, 4) is 0 Å². The molecule has 0 spiro atoms. The smallest absolute Gasteiger partial charge is 0.472 e. The Balaban J connectivity index is -0.000000344. The molecular formula is C45H45AuCl4N2O2P2W2-2. The van der Waals surface area contributed by atoms with Crippen LogP contribution < -0.4 is 37.7 Å². The van der Waals surface area contributed by atoms with Gasteiger partial charge in [-0.1, -0.05) is 150 Å². The summed E-state index contributed by atoms with van der Waals surface area (Å²) in [6.07, 6.45) is 0. The fourth-order valence-corrected chi connectivity index (χ4v) is 7.50. The second kappa shape index (κ2) is 44.7. The van der Waals surface area contributed by atoms with Gasteiger partial charge in [0.05, 0.1) is 10.7 Å². The molecule has 0 aromatic heterocycles. The van der Waals surface area contributed by atoms with E-state index in [1.54, 1.807) is 0 Å². The predicted octanol–water partition coefficient (Wildman–Crippen LogP) is 11.7. The molecular weight excluding hydrogens is 1370 g/mol. The van der Waals surface area contributed by atoms with Crippen LogP contribution in [-0.2, 0) is 64.5 Å². The van der Waals surface area contributed by atoms with Crippen LogP contribution >= 0.6 is 62.9 Å². The van der Waals surface area contributed by atoms with Crippen molar-refractivity contribution in [2.45, 2.75) is 20.8 Å². The zero-order chi connectivity index (χ0) is 40.9. The molecule has 2 radical (unpaired) electrons. The van der Waals surface area contributed by atoms with Crippen molar-refractivity contribution in [3.63, 3.8) is 0 Å². The first-order chi connectivity index (χ1) is 26.9. The molecule has 0 aliphatic heterocycles. The Labute approximate surface area is 413 Å². The van der Waals surface area contributed by atoms with Crippen LogP contribution in [0, 0.1) is 30.6 Å². The minimum absolute atomic E-state index is 0. The van der Waals surface area contributed by atoms with Gasteiger partial charge < -0.3 is 8.58 Å². The normalized spacial score (nSPS) is 8.48. The van der Waals surface area contributed by atoms with Crippen LogP contribution in [0.25, 0.3) is 0 Å². The van der Waals surface area contributed by atoms with Gasteiger partial charge in [0.15, 0.2) is 0 Å². The van der Waals surface area contributed by atoms with E-state index in [-0.39, 0.29) is 75.2 Å². The Morgan fingerprint density at radius 3 is 0.845 bits per heavy atom. The van der Waals surface area contributed by atoms with Gasteiger partial charge in [0.2, 0.25) is 0 Å². The van der Waals surface area contributed by atoms with E-state index < -0.39 is 7.92 Å². The van der Waals surface area contributed by atoms with E-state index in [4.69, 9.17) is 67.4 Å². The second-order valence-electron chi connectivity index (χ2n) is 10.8. The Kier molecular flexibility index (Phi) is 48.4. The van der Waals surface area contributed by atoms with Crippen LogP contribution in [0.5, 0.6) is 0 Å². The maximum absolute atomic E-state index is 7.25. The number of hydrogen-bond donors (Lipinski definition) is 0. The van der Waals surface area contributed by atoms with Gasteiger partial charge in [0, 0.05) is 42.1 Å². The van der Waals surface area contributed by atoms with Gasteiger partial charge in [0.25, 0.3) is 0 Å². The molecule has 0 atom stereocenters. The first-order valence-electron chi connectivity index (χ1n) is 16.7. The van der Waals surface area contributed by atoms with Crippen molar-refractivity contribution >= 4 is 89.4 Å². The molecule has 4 nitrogen and oxygen atoms in total. The number of nitrogens with zero attached hydrogens (tertiary/aromatic N) is 2. The Hall–Kier alpha value is -1.86. The summed E-state index contributed by atoms with van der Waals surface area (Å²) in [6, 6.07) is 67.9. The minimum Gasteiger partial charge on any atom is -0.472 e. The van der Waals surface area contributed by atoms with Crippen LogP contribution in [-0.4, -0.2) is 10.7 Å². The molecule has 0 saturated heterocycles. The molecule has 0 aliphatic rings. The van der Waals surface area contributed by atoms with Crippen LogP contribution in [0.4, 0.5) is 0 Å². The summed E-state index contributed by atoms with van der Waals surface area (Å²) in [7, 11) is 0.799. The fraction of sp³-hybridized carbons (Fsp3) is 0.111. The van der Waals surface area contributed by atoms with Crippen LogP contribution in [0.15, 0.2) is 194 Å². The third kappa shape index (κ3) is 31.1. The van der Waals surface area contributed by atoms with E-state index in [1.165, 1.54) is 51.8 Å². The monoisotopic (exact) mass is 1410 g/mol. The number of aryl methyl sites for hydroxylation is 3. The first-order valence-corrected chi connectivity index (χ1v) is 21.0. The van der Waals surface area contributed by atoms with E-state index in [0.717, 1.165) is 0 Å². The molecule has 0 heterocycles. The van der Waals surface area contributed by atoms with Gasteiger partial charge in [0.1, 0.15) is 11.2 Å². The van der Waals surface area contributed by atoms with Crippen molar-refractivity contribution in [2.75, 3.05) is 10.7 Å². The molecule has 0 unspecified atom stereocenters. The van der Waals surface area contributed by atoms with E-state index in [1.807, 2.05) is 72.8 Å². The molecule has 0 aliphatic carbocycles. The molecule has 58 heavy (non-hydrogen) atoms. The maximum atomic E-state index is 7.25. The zero-order valence-corrected chi connectivity index (χ0v) is 45.0. The van der Waals surface area contributed by atoms with Crippen molar-refractivity contribution in [1.29, 1.82) is 0 Å². The van der Waals surface area contributed by atoms with Gasteiger partial charge in [-0.3, -0.25) is 0 Å². The summed E-state index contributed by atoms with van der Waals surface area (Å²) in [6.45, 7) is 6.43. The number of halogens is 4. The van der Waals surface area contributed by atoms with Gasteiger partial charge >= 0.3 is 22.4 Å². The molecule has 0 fully saturated rings. The van der Waals surface area contributed by atoms with Crippen molar-refractivity contribution in [2.24, 2.45) is 0 Å². The van der Waals surface area contributed by atoms with Gasteiger partial charge in [-0.2, -0.15) is 36.4 Å². The largest absolute Gasteiger partial charge is 1.00 e. The van der Waals surface area contributed by atoms with Crippen molar-refractivity contribution < 1.29 is 64.5 Å². The topological polar surface area (TPSA) is 78.7 Å². The molecule has 0 N–H and O–H groups in total. The van der Waals surface area contributed by atoms with Gasteiger partial charge in [-0.15, -0.1) is 56.2 Å². The molecule has 0 amide bonds. The standard InChI is InChI=1S/C21H21P.C12H10P.2C5H5.2CH2Cl2.Au.2NO.2W/c1-16-4-10-19(11-5-16)22(20-12-6-17(2)7-13-20)21-14-8-18(3)9-15-21;1-3-7-11(8-4-1)13-12-9-5-2-6-10-12;2*1-2-4-5-3-1;2*2-1-3;;2*1-2;;/h4-15H,1-3H3;1-10H;2*1-5H;2*1H2;;;;;/q;3*-1;;;+1;;;;. The van der Waals surface area contributed by atoms with Gasteiger partial charge in [-0.25, -0.2) is 34.9 Å². The Bertz CT molecular complexity index is 1610. The average molecular weight is 1410 g/mol. The van der Waals surface area contributed by atoms with Crippen molar-refractivity contribution in [3.05, 3.63) is 221 Å². The average Bonchev–Trinajstić information content (AvgIpc) is 4.02.